The van der Waals surface area contributed by atoms with Crippen molar-refractivity contribution in [3.63, 3.8) is 0 Å². The van der Waals surface area contributed by atoms with Crippen molar-refractivity contribution in [1.29, 1.82) is 0 Å². The summed E-state index contributed by atoms with van der Waals surface area (Å²) in [7, 11) is 0. The summed E-state index contributed by atoms with van der Waals surface area (Å²) in [6, 6.07) is -0.535. The number of allylic oxidation sites excluding steroid dienone is 4. The molecule has 0 aliphatic heterocycles. The Morgan fingerprint density at radius 3 is 0.779 bits per heavy atom. The van der Waals surface area contributed by atoms with Crippen LogP contribution >= 0.6 is 0 Å². The van der Waals surface area contributed by atoms with E-state index in [2.05, 4.69) is 43.5 Å². The molecule has 4 nitrogen and oxygen atoms in total. The van der Waals surface area contributed by atoms with Crippen LogP contribution in [0.4, 0.5) is 0 Å². The van der Waals surface area contributed by atoms with Gasteiger partial charge in [-0.15, -0.1) is 0 Å². The molecule has 458 valence electrons. The Hall–Kier alpha value is -1.13. The summed E-state index contributed by atoms with van der Waals surface area (Å²) in [5.74, 6) is -0.0207. The van der Waals surface area contributed by atoms with Crippen LogP contribution < -0.4 is 5.32 Å². The van der Waals surface area contributed by atoms with Crippen molar-refractivity contribution < 1.29 is 15.0 Å². The molecule has 0 heterocycles. The van der Waals surface area contributed by atoms with Gasteiger partial charge in [0.15, 0.2) is 0 Å². The molecule has 0 radical (unpaired) electrons. The first-order valence-corrected chi connectivity index (χ1v) is 36.0. The predicted molar refractivity (Wildman–Crippen MR) is 346 cm³/mol. The average Bonchev–Trinajstić information content (AvgIpc) is 3.43. The lowest BCUT2D eigenvalue weighted by molar-refractivity contribution is -0.123. The zero-order valence-corrected chi connectivity index (χ0v) is 53.0. The van der Waals surface area contributed by atoms with Crippen LogP contribution in [0.25, 0.3) is 0 Å². The quantitative estimate of drug-likeness (QED) is 0.0420. The van der Waals surface area contributed by atoms with Crippen molar-refractivity contribution >= 4 is 5.91 Å². The zero-order valence-electron chi connectivity index (χ0n) is 53.0. The van der Waals surface area contributed by atoms with Gasteiger partial charge < -0.3 is 15.5 Å². The maximum absolute atomic E-state index is 12.6. The van der Waals surface area contributed by atoms with Gasteiger partial charge >= 0.3 is 0 Å². The van der Waals surface area contributed by atoms with E-state index < -0.39 is 12.1 Å². The van der Waals surface area contributed by atoms with Crippen LogP contribution in [0.3, 0.4) is 0 Å². The average molecular weight is 1080 g/mol. The lowest BCUT2D eigenvalue weighted by Gasteiger charge is -2.22. The van der Waals surface area contributed by atoms with Crippen molar-refractivity contribution in [2.75, 3.05) is 6.61 Å². The van der Waals surface area contributed by atoms with E-state index >= 15 is 0 Å². The predicted octanol–water partition coefficient (Wildman–Crippen LogP) is 24.6. The minimum absolute atomic E-state index is 0.0207. The number of unbranched alkanes of at least 4 members (excludes halogenated alkanes) is 57. The summed E-state index contributed by atoms with van der Waals surface area (Å²) < 4.78 is 0. The van der Waals surface area contributed by atoms with Crippen molar-refractivity contribution in [1.82, 2.24) is 5.32 Å². The molecule has 0 spiro atoms. The van der Waals surface area contributed by atoms with Gasteiger partial charge in [-0.05, 0) is 44.9 Å². The smallest absolute Gasteiger partial charge is 0.220 e. The molecule has 0 aliphatic rings. The van der Waals surface area contributed by atoms with E-state index in [1.807, 2.05) is 0 Å². The molecule has 0 saturated carbocycles. The second kappa shape index (κ2) is 69.1. The van der Waals surface area contributed by atoms with Crippen molar-refractivity contribution in [2.45, 2.75) is 431 Å². The first-order chi connectivity index (χ1) is 38.2. The molecule has 0 aromatic carbocycles. The van der Waals surface area contributed by atoms with E-state index in [0.717, 1.165) is 32.1 Å². The monoisotopic (exact) mass is 1080 g/mol. The largest absolute Gasteiger partial charge is 0.394 e. The molecule has 1 amide bonds. The zero-order chi connectivity index (χ0) is 55.5. The minimum atomic E-state index is -0.658. The van der Waals surface area contributed by atoms with Crippen LogP contribution in [0.5, 0.6) is 0 Å². The highest BCUT2D eigenvalue weighted by molar-refractivity contribution is 5.76. The van der Waals surface area contributed by atoms with E-state index in [4.69, 9.17) is 0 Å². The highest BCUT2D eigenvalue weighted by atomic mass is 16.3. The normalized spacial score (nSPS) is 12.7. The summed E-state index contributed by atoms with van der Waals surface area (Å²) in [4.78, 5) is 12.6. The number of aliphatic hydroxyl groups excluding tert-OH is 2. The number of nitrogens with one attached hydrogen (secondary N) is 1. The third kappa shape index (κ3) is 65.6. The first kappa shape index (κ1) is 75.9. The van der Waals surface area contributed by atoms with E-state index in [1.165, 1.54) is 360 Å². The number of hydrogen-bond acceptors (Lipinski definition) is 3. The molecule has 0 bridgehead atoms. The van der Waals surface area contributed by atoms with Crippen LogP contribution in [0.2, 0.25) is 0 Å². The molecule has 3 N–H and O–H groups in total. The maximum Gasteiger partial charge on any atom is 0.220 e. The van der Waals surface area contributed by atoms with Gasteiger partial charge in [-0.1, -0.05) is 391 Å². The Bertz CT molecular complexity index is 1140. The first-order valence-electron chi connectivity index (χ1n) is 36.0. The Kier molecular flexibility index (Phi) is 68.1. The highest BCUT2D eigenvalue weighted by Gasteiger charge is 2.20. The SMILES string of the molecule is CCCCCCC/C=C\C/C=C\CCCCCCCCCCCCCCCCCCCCCCCCCCCCCC(=O)NC(CO)C(O)CCCCCCCCCCCCCCCCCCCCCCCCCCCC. The number of carbonyl (C=O) groups excluding carboxylic acids is 1. The Balaban J connectivity index is 3.36. The second-order valence-corrected chi connectivity index (χ2v) is 25.0. The maximum atomic E-state index is 12.6. The fraction of sp³-hybridized carbons (Fsp3) is 0.932. The molecule has 0 saturated heterocycles. The molecule has 0 aromatic rings. The van der Waals surface area contributed by atoms with Gasteiger partial charge in [0.1, 0.15) is 0 Å². The van der Waals surface area contributed by atoms with E-state index in [9.17, 15) is 15.0 Å². The van der Waals surface area contributed by atoms with Gasteiger partial charge in [0.25, 0.3) is 0 Å². The van der Waals surface area contributed by atoms with Crippen LogP contribution in [-0.4, -0.2) is 34.9 Å². The summed E-state index contributed by atoms with van der Waals surface area (Å²) >= 11 is 0. The van der Waals surface area contributed by atoms with Gasteiger partial charge in [-0.3, -0.25) is 4.79 Å². The molecule has 0 rings (SSSR count). The topological polar surface area (TPSA) is 69.6 Å². The van der Waals surface area contributed by atoms with Gasteiger partial charge in [-0.2, -0.15) is 0 Å². The Morgan fingerprint density at radius 1 is 0.312 bits per heavy atom. The molecular formula is C73H143NO3. The molecule has 0 fully saturated rings. The molecule has 77 heavy (non-hydrogen) atoms. The van der Waals surface area contributed by atoms with E-state index in [0.29, 0.717) is 12.8 Å². The van der Waals surface area contributed by atoms with Gasteiger partial charge in [0.2, 0.25) is 5.91 Å². The van der Waals surface area contributed by atoms with Gasteiger partial charge in [-0.25, -0.2) is 0 Å². The third-order valence-electron chi connectivity index (χ3n) is 17.2. The fourth-order valence-corrected chi connectivity index (χ4v) is 11.8. The number of carbonyl (C=O) groups is 1. The van der Waals surface area contributed by atoms with Crippen molar-refractivity contribution in [3.05, 3.63) is 24.3 Å². The summed E-state index contributed by atoms with van der Waals surface area (Å²) in [6.45, 7) is 4.40. The molecule has 2 unspecified atom stereocenters. The third-order valence-corrected chi connectivity index (χ3v) is 17.2. The minimum Gasteiger partial charge on any atom is -0.394 e. The van der Waals surface area contributed by atoms with Crippen LogP contribution in [0.15, 0.2) is 24.3 Å². The summed E-state index contributed by atoms with van der Waals surface area (Å²) in [6.07, 6.45) is 93.9. The van der Waals surface area contributed by atoms with Gasteiger partial charge in [0.05, 0.1) is 18.8 Å². The summed E-state index contributed by atoms with van der Waals surface area (Å²) in [5, 5.41) is 23.5. The van der Waals surface area contributed by atoms with Crippen LogP contribution in [-0.2, 0) is 4.79 Å². The van der Waals surface area contributed by atoms with E-state index in [-0.39, 0.29) is 12.5 Å². The van der Waals surface area contributed by atoms with Crippen molar-refractivity contribution in [3.8, 4) is 0 Å². The fourth-order valence-electron chi connectivity index (χ4n) is 11.8. The highest BCUT2D eigenvalue weighted by Crippen LogP contribution is 2.20. The number of aliphatic hydroxyl groups is 2. The standard InChI is InChI=1S/C73H143NO3/c1-3-5-7-9-11-13-15-17-19-21-23-25-27-29-31-32-33-34-35-36-37-38-39-40-41-42-43-45-47-49-51-53-55-57-59-61-63-65-67-69-73(77)74-71(70-75)72(76)68-66-64-62-60-58-56-54-52-50-48-46-44-30-28-26-24-22-20-18-16-14-12-10-8-6-4-2/h15,17,21,23,71-72,75-76H,3-14,16,18-20,22,24-70H2,1-2H3,(H,74,77)/b17-15-,23-21-. The second-order valence-electron chi connectivity index (χ2n) is 25.0. The number of hydrogen-bond donors (Lipinski definition) is 3. The summed E-state index contributed by atoms with van der Waals surface area (Å²) in [5.41, 5.74) is 0. The molecule has 2 atom stereocenters. The molecular weight excluding hydrogens is 939 g/mol. The number of rotatable bonds is 68. The van der Waals surface area contributed by atoms with Crippen LogP contribution in [0, 0.1) is 0 Å². The molecule has 0 aliphatic carbocycles. The van der Waals surface area contributed by atoms with Crippen molar-refractivity contribution in [2.24, 2.45) is 0 Å². The Labute approximate surface area is 485 Å². The van der Waals surface area contributed by atoms with Crippen LogP contribution in [0.1, 0.15) is 418 Å². The number of amides is 1. The Morgan fingerprint density at radius 2 is 0.532 bits per heavy atom. The molecule has 0 aromatic heterocycles. The lowest BCUT2D eigenvalue weighted by atomic mass is 10.0. The lowest BCUT2D eigenvalue weighted by Crippen LogP contribution is -2.45. The molecule has 4 heteroatoms. The van der Waals surface area contributed by atoms with E-state index in [1.54, 1.807) is 0 Å². The van der Waals surface area contributed by atoms with Gasteiger partial charge in [0, 0.05) is 6.42 Å².